The Balaban J connectivity index is 0.000000184. The van der Waals surface area contributed by atoms with E-state index in [2.05, 4.69) is 57.1 Å². The van der Waals surface area contributed by atoms with E-state index < -0.39 is 0 Å². The van der Waals surface area contributed by atoms with Crippen LogP contribution in [0.3, 0.4) is 0 Å². The Labute approximate surface area is 359 Å². The first kappa shape index (κ1) is 41.7. The van der Waals surface area contributed by atoms with Crippen molar-refractivity contribution in [2.45, 2.75) is 33.1 Å². The minimum atomic E-state index is -0.285. The summed E-state index contributed by atoms with van der Waals surface area (Å²) in [4.78, 5) is 41.6. The lowest BCUT2D eigenvalue weighted by Crippen LogP contribution is -2.14. The van der Waals surface area contributed by atoms with Crippen molar-refractivity contribution >= 4 is 62.5 Å². The van der Waals surface area contributed by atoms with Gasteiger partial charge in [0.1, 0.15) is 11.5 Å². The average Bonchev–Trinajstić information content (AvgIpc) is 3.94. The normalized spacial score (nSPS) is 10.6. The Morgan fingerprint density at radius 2 is 1.28 bits per heavy atom. The largest absolute Gasteiger partial charge is 0.423 e. The molecule has 0 spiro atoms. The van der Waals surface area contributed by atoms with Crippen molar-refractivity contribution in [2.75, 3.05) is 21.3 Å². The van der Waals surface area contributed by atoms with Gasteiger partial charge in [-0.1, -0.05) is 58.4 Å². The zero-order valence-corrected chi connectivity index (χ0v) is 34.7. The van der Waals surface area contributed by atoms with Gasteiger partial charge in [-0.2, -0.15) is 0 Å². The molecule has 4 N–H and O–H groups in total. The standard InChI is InChI=1S/C24H21FN4O2.C23H19BrN4O2/c1-16-2-8-20(28-23(30)9-5-17-3-6-19(25)7-4-17)14-21(16)29-24-27-15-22(31-24)18-10-12-26-13-11-18;1-15-8-9-18(27-22(29)12-16-5-4-6-17(24)11-16)13-20(15)28-23-26-14-21(30-23)19-7-2-3-10-25-19/h2-4,6-8,10-15H,5,9H2,1H3,(H,27,29)(H,28,30);2-11,13-14H,12H2,1H3,(H,26,28)(H,27,29). The highest BCUT2D eigenvalue weighted by Gasteiger charge is 2.12. The Kier molecular flexibility index (Phi) is 13.7. The fraction of sp³-hybridized carbons (Fsp3) is 0.106. The molecule has 0 unspecified atom stereocenters. The molecule has 0 atom stereocenters. The van der Waals surface area contributed by atoms with Gasteiger partial charge in [-0.05, 0) is 115 Å². The van der Waals surface area contributed by atoms with Crippen molar-refractivity contribution in [3.63, 3.8) is 0 Å². The molecule has 0 radical (unpaired) electrons. The summed E-state index contributed by atoms with van der Waals surface area (Å²) in [5, 5.41) is 12.2. The number of carbonyl (C=O) groups is 2. The minimum absolute atomic E-state index is 0.0866. The molecule has 4 aromatic carbocycles. The number of hydrogen-bond acceptors (Lipinski definition) is 10. The predicted molar refractivity (Wildman–Crippen MR) is 238 cm³/mol. The zero-order chi connectivity index (χ0) is 42.6. The number of pyridine rings is 2. The first-order valence-corrected chi connectivity index (χ1v) is 20.0. The van der Waals surface area contributed by atoms with Crippen LogP contribution in [-0.4, -0.2) is 31.8 Å². The summed E-state index contributed by atoms with van der Waals surface area (Å²) in [7, 11) is 0. The van der Waals surface area contributed by atoms with Crippen molar-refractivity contribution in [2.24, 2.45) is 0 Å². The van der Waals surface area contributed by atoms with Crippen molar-refractivity contribution < 1.29 is 22.8 Å². The van der Waals surface area contributed by atoms with Gasteiger partial charge in [-0.25, -0.2) is 14.4 Å². The first-order valence-electron chi connectivity index (χ1n) is 19.2. The van der Waals surface area contributed by atoms with E-state index in [0.29, 0.717) is 59.9 Å². The van der Waals surface area contributed by atoms with Gasteiger partial charge >= 0.3 is 0 Å². The number of aromatic nitrogens is 4. The number of amides is 2. The molecular formula is C47H40BrFN8O4. The van der Waals surface area contributed by atoms with Crippen LogP contribution < -0.4 is 21.3 Å². The number of carbonyl (C=O) groups excluding carboxylic acids is 2. The highest BCUT2D eigenvalue weighted by atomic mass is 79.9. The first-order chi connectivity index (χ1) is 29.6. The number of benzene rings is 4. The summed E-state index contributed by atoms with van der Waals surface area (Å²) < 4.78 is 25.5. The van der Waals surface area contributed by atoms with Gasteiger partial charge in [0.05, 0.1) is 18.8 Å². The maximum absolute atomic E-state index is 13.0. The molecule has 0 bridgehead atoms. The van der Waals surface area contributed by atoms with E-state index in [0.717, 1.165) is 43.7 Å². The Hall–Kier alpha value is -7.45. The number of halogens is 2. The van der Waals surface area contributed by atoms with E-state index in [1.54, 1.807) is 43.1 Å². The fourth-order valence-corrected chi connectivity index (χ4v) is 6.46. The molecule has 0 fully saturated rings. The monoisotopic (exact) mass is 878 g/mol. The van der Waals surface area contributed by atoms with Crippen LogP contribution in [0.4, 0.5) is 39.2 Å². The van der Waals surface area contributed by atoms with Gasteiger partial charge in [0.15, 0.2) is 11.5 Å². The molecule has 0 aliphatic heterocycles. The van der Waals surface area contributed by atoms with E-state index >= 15 is 0 Å². The number of oxazole rings is 2. The lowest BCUT2D eigenvalue weighted by atomic mass is 10.1. The third-order valence-corrected chi connectivity index (χ3v) is 9.72. The molecule has 8 aromatic rings. The second-order valence-electron chi connectivity index (χ2n) is 13.8. The van der Waals surface area contributed by atoms with Crippen LogP contribution in [0.25, 0.3) is 22.8 Å². The number of nitrogens with one attached hydrogen (secondary N) is 4. The molecule has 0 aliphatic carbocycles. The highest BCUT2D eigenvalue weighted by Crippen LogP contribution is 2.29. The van der Waals surface area contributed by atoms with Gasteiger partial charge in [-0.15, -0.1) is 0 Å². The predicted octanol–water partition coefficient (Wildman–Crippen LogP) is 11.2. The zero-order valence-electron chi connectivity index (χ0n) is 33.2. The molecule has 306 valence electrons. The molecule has 61 heavy (non-hydrogen) atoms. The number of aryl methyl sites for hydroxylation is 3. The third kappa shape index (κ3) is 12.1. The number of anilines is 6. The number of rotatable bonds is 13. The second kappa shape index (κ2) is 20.0. The van der Waals surface area contributed by atoms with Crippen molar-refractivity contribution in [1.29, 1.82) is 0 Å². The summed E-state index contributed by atoms with van der Waals surface area (Å²) in [5.41, 5.74) is 8.36. The molecule has 4 aromatic heterocycles. The maximum Gasteiger partial charge on any atom is 0.299 e. The number of hydrogen-bond donors (Lipinski definition) is 4. The molecule has 4 heterocycles. The Bertz CT molecular complexity index is 2730. The molecule has 0 saturated carbocycles. The maximum atomic E-state index is 13.0. The third-order valence-electron chi connectivity index (χ3n) is 9.23. The lowest BCUT2D eigenvalue weighted by Gasteiger charge is -2.11. The van der Waals surface area contributed by atoms with Gasteiger partial charge in [-0.3, -0.25) is 19.6 Å². The van der Waals surface area contributed by atoms with Crippen molar-refractivity contribution in [1.82, 2.24) is 19.9 Å². The van der Waals surface area contributed by atoms with Gasteiger partial charge < -0.3 is 30.1 Å². The fourth-order valence-electron chi connectivity index (χ4n) is 6.01. The second-order valence-corrected chi connectivity index (χ2v) is 14.8. The van der Waals surface area contributed by atoms with Crippen LogP contribution in [0.1, 0.15) is 28.7 Å². The Morgan fingerprint density at radius 1 is 0.639 bits per heavy atom. The van der Waals surface area contributed by atoms with Crippen LogP contribution >= 0.6 is 15.9 Å². The SMILES string of the molecule is Cc1ccc(NC(=O)CCc2ccc(F)cc2)cc1Nc1ncc(-c2ccncc2)o1.Cc1ccc(NC(=O)Cc2cccc(Br)c2)cc1Nc1ncc(-c2ccccn2)o1. The molecule has 0 saturated heterocycles. The Morgan fingerprint density at radius 3 is 1.92 bits per heavy atom. The van der Waals surface area contributed by atoms with E-state index in [9.17, 15) is 14.0 Å². The topological polar surface area (TPSA) is 160 Å². The van der Waals surface area contributed by atoms with Crippen molar-refractivity contribution in [3.8, 4) is 22.8 Å². The van der Waals surface area contributed by atoms with Gasteiger partial charge in [0, 0.05) is 57.8 Å². The van der Waals surface area contributed by atoms with Crippen LogP contribution in [0, 0.1) is 19.7 Å². The van der Waals surface area contributed by atoms with Crippen LogP contribution in [-0.2, 0) is 22.4 Å². The summed E-state index contributed by atoms with van der Waals surface area (Å²) in [6, 6.07) is 35.1. The van der Waals surface area contributed by atoms with E-state index in [1.807, 2.05) is 105 Å². The van der Waals surface area contributed by atoms with E-state index in [1.165, 1.54) is 12.1 Å². The van der Waals surface area contributed by atoms with Crippen molar-refractivity contribution in [3.05, 3.63) is 179 Å². The van der Waals surface area contributed by atoms with Crippen LogP contribution in [0.5, 0.6) is 0 Å². The summed E-state index contributed by atoms with van der Waals surface area (Å²) in [6.07, 6.45) is 9.50. The van der Waals surface area contributed by atoms with E-state index in [-0.39, 0.29) is 17.6 Å². The molecule has 0 aliphatic rings. The van der Waals surface area contributed by atoms with Crippen LogP contribution in [0.15, 0.2) is 160 Å². The smallest absolute Gasteiger partial charge is 0.299 e. The van der Waals surface area contributed by atoms with Gasteiger partial charge in [0.2, 0.25) is 11.8 Å². The molecule has 2 amide bonds. The summed E-state index contributed by atoms with van der Waals surface area (Å²) in [6.45, 7) is 3.92. The minimum Gasteiger partial charge on any atom is -0.423 e. The quantitative estimate of drug-likeness (QED) is 0.0878. The highest BCUT2D eigenvalue weighted by molar-refractivity contribution is 9.10. The molecule has 8 rings (SSSR count). The average molecular weight is 880 g/mol. The molecule has 12 nitrogen and oxygen atoms in total. The van der Waals surface area contributed by atoms with Crippen LogP contribution in [0.2, 0.25) is 0 Å². The molecular weight excluding hydrogens is 839 g/mol. The van der Waals surface area contributed by atoms with E-state index in [4.69, 9.17) is 8.83 Å². The molecule has 14 heteroatoms. The lowest BCUT2D eigenvalue weighted by molar-refractivity contribution is -0.116. The summed E-state index contributed by atoms with van der Waals surface area (Å²) in [5.74, 6) is 0.723. The number of nitrogens with zero attached hydrogens (tertiary/aromatic N) is 4. The van der Waals surface area contributed by atoms with Gasteiger partial charge in [0.25, 0.3) is 12.0 Å². The summed E-state index contributed by atoms with van der Waals surface area (Å²) >= 11 is 3.43.